The summed E-state index contributed by atoms with van der Waals surface area (Å²) >= 11 is 0. The van der Waals surface area contributed by atoms with Gasteiger partial charge in [0.05, 0.1) is 6.54 Å². The molecule has 0 aromatic heterocycles. The Morgan fingerprint density at radius 3 is 2.34 bits per heavy atom. The van der Waals surface area contributed by atoms with Crippen molar-refractivity contribution in [3.05, 3.63) is 71.3 Å². The van der Waals surface area contributed by atoms with Crippen molar-refractivity contribution in [2.75, 3.05) is 38.5 Å². The lowest BCUT2D eigenvalue weighted by atomic mass is 9.93. The molecule has 5 heteroatoms. The highest BCUT2D eigenvalue weighted by molar-refractivity contribution is 5.93. The van der Waals surface area contributed by atoms with Gasteiger partial charge < -0.3 is 15.7 Å². The van der Waals surface area contributed by atoms with E-state index in [-0.39, 0.29) is 11.8 Å². The lowest BCUT2D eigenvalue weighted by Crippen LogP contribution is -2.36. The van der Waals surface area contributed by atoms with Gasteiger partial charge in [-0.1, -0.05) is 49.4 Å². The molecule has 3 rings (SSSR count). The molecule has 3 aromatic carbocycles. The van der Waals surface area contributed by atoms with Gasteiger partial charge in [-0.15, -0.1) is 0 Å². The molecule has 5 nitrogen and oxygen atoms in total. The van der Waals surface area contributed by atoms with E-state index in [1.807, 2.05) is 68.3 Å². The van der Waals surface area contributed by atoms with Gasteiger partial charge in [0.15, 0.2) is 0 Å². The Kier molecular flexibility index (Phi) is 8.26. The predicted octanol–water partition coefficient (Wildman–Crippen LogP) is 4.82. The summed E-state index contributed by atoms with van der Waals surface area (Å²) in [7, 11) is 1.96. The van der Waals surface area contributed by atoms with E-state index in [0.29, 0.717) is 12.3 Å². The number of phenolic OH excluding ortho intramolecular Hbond substituents is 1. The summed E-state index contributed by atoms with van der Waals surface area (Å²) in [4.78, 5) is 14.5. The van der Waals surface area contributed by atoms with E-state index >= 15 is 0 Å². The van der Waals surface area contributed by atoms with Gasteiger partial charge in [0.2, 0.25) is 5.91 Å². The minimum atomic E-state index is -0.00239. The van der Waals surface area contributed by atoms with Gasteiger partial charge in [-0.05, 0) is 72.8 Å². The topological polar surface area (TPSA) is 64.6 Å². The van der Waals surface area contributed by atoms with E-state index in [1.165, 1.54) is 0 Å². The first-order valence-corrected chi connectivity index (χ1v) is 11.4. The summed E-state index contributed by atoms with van der Waals surface area (Å²) in [6, 6.07) is 18.1. The summed E-state index contributed by atoms with van der Waals surface area (Å²) in [5.41, 5.74) is 4.04. The average Bonchev–Trinajstić information content (AvgIpc) is 2.76. The van der Waals surface area contributed by atoms with E-state index < -0.39 is 0 Å². The van der Waals surface area contributed by atoms with Gasteiger partial charge >= 0.3 is 0 Å². The second kappa shape index (κ2) is 11.1. The molecule has 1 unspecified atom stereocenters. The Labute approximate surface area is 191 Å². The molecular weight excluding hydrogens is 398 g/mol. The molecule has 0 aliphatic carbocycles. The Morgan fingerprint density at radius 2 is 1.69 bits per heavy atom. The number of likely N-dealkylation sites (N-methyl/N-ethyl adjacent to an activating group) is 1. The number of anilines is 1. The number of fused-ring (bicyclic) bond motifs is 1. The minimum Gasteiger partial charge on any atom is -0.508 e. The molecule has 0 aliphatic heterocycles. The van der Waals surface area contributed by atoms with Crippen LogP contribution in [0.5, 0.6) is 5.75 Å². The molecule has 0 radical (unpaired) electrons. The van der Waals surface area contributed by atoms with Gasteiger partial charge in [0.1, 0.15) is 5.75 Å². The van der Waals surface area contributed by atoms with Gasteiger partial charge in [-0.2, -0.15) is 0 Å². The Morgan fingerprint density at radius 1 is 1.03 bits per heavy atom. The van der Waals surface area contributed by atoms with Crippen LogP contribution in [-0.2, 0) is 4.79 Å². The number of hydrogen-bond acceptors (Lipinski definition) is 4. The number of para-hydroxylation sites is 1. The van der Waals surface area contributed by atoms with Crippen molar-refractivity contribution in [1.29, 1.82) is 0 Å². The number of rotatable bonds is 10. The highest BCUT2D eigenvalue weighted by atomic mass is 16.3. The number of carbonyl (C=O) groups is 1. The van der Waals surface area contributed by atoms with Gasteiger partial charge in [-0.25, -0.2) is 0 Å². The van der Waals surface area contributed by atoms with Crippen LogP contribution < -0.4 is 10.6 Å². The molecule has 3 N–H and O–H groups in total. The summed E-state index contributed by atoms with van der Waals surface area (Å²) in [6.07, 6.45) is 0.937. The first kappa shape index (κ1) is 23.8. The number of aromatic hydroxyl groups is 1. The molecule has 0 spiro atoms. The number of phenols is 1. The fourth-order valence-corrected chi connectivity index (χ4v) is 4.11. The van der Waals surface area contributed by atoms with Crippen LogP contribution in [0.2, 0.25) is 0 Å². The summed E-state index contributed by atoms with van der Waals surface area (Å²) in [5, 5.41) is 19.3. The summed E-state index contributed by atoms with van der Waals surface area (Å²) in [6.45, 7) is 8.83. The standard InChI is InChI=1S/C27H35N3O2/c1-5-21(24-15-22-11-6-7-12-23(22)16-25(24)31)17-28-13-14-30(4)18-26(32)29-27-19(2)9-8-10-20(27)3/h6-12,15-16,21,28,31H,5,13-14,17-18H2,1-4H3,(H,29,32). The first-order valence-electron chi connectivity index (χ1n) is 11.4. The average molecular weight is 434 g/mol. The van der Waals surface area contributed by atoms with Crippen LogP contribution in [0.3, 0.4) is 0 Å². The molecule has 3 aromatic rings. The lowest BCUT2D eigenvalue weighted by Gasteiger charge is -2.21. The molecule has 1 atom stereocenters. The smallest absolute Gasteiger partial charge is 0.238 e. The van der Waals surface area contributed by atoms with Crippen molar-refractivity contribution in [1.82, 2.24) is 10.2 Å². The molecule has 0 bridgehead atoms. The maximum absolute atomic E-state index is 12.4. The lowest BCUT2D eigenvalue weighted by molar-refractivity contribution is -0.117. The Balaban J connectivity index is 1.47. The molecule has 0 heterocycles. The SMILES string of the molecule is CCC(CNCCN(C)CC(=O)Nc1c(C)cccc1C)c1cc2ccccc2cc1O. The monoisotopic (exact) mass is 433 g/mol. The first-order chi connectivity index (χ1) is 15.4. The van der Waals surface area contributed by atoms with Crippen molar-refractivity contribution in [2.24, 2.45) is 0 Å². The van der Waals surface area contributed by atoms with Crippen molar-refractivity contribution < 1.29 is 9.90 Å². The zero-order valence-electron chi connectivity index (χ0n) is 19.6. The maximum Gasteiger partial charge on any atom is 0.238 e. The second-order valence-electron chi connectivity index (χ2n) is 8.62. The molecule has 0 fully saturated rings. The van der Waals surface area contributed by atoms with Crippen LogP contribution >= 0.6 is 0 Å². The number of benzene rings is 3. The summed E-state index contributed by atoms with van der Waals surface area (Å²) in [5.74, 6) is 0.590. The normalized spacial score (nSPS) is 12.3. The maximum atomic E-state index is 12.4. The molecule has 0 aliphatic rings. The number of hydrogen-bond donors (Lipinski definition) is 3. The largest absolute Gasteiger partial charge is 0.508 e. The van der Waals surface area contributed by atoms with Crippen LogP contribution in [0.4, 0.5) is 5.69 Å². The van der Waals surface area contributed by atoms with Crippen LogP contribution in [0.15, 0.2) is 54.6 Å². The fraction of sp³-hybridized carbons (Fsp3) is 0.370. The Hall–Kier alpha value is -2.89. The molecule has 0 saturated carbocycles. The van der Waals surface area contributed by atoms with E-state index in [9.17, 15) is 9.90 Å². The molecular formula is C27H35N3O2. The second-order valence-corrected chi connectivity index (χ2v) is 8.62. The van der Waals surface area contributed by atoms with E-state index in [2.05, 4.69) is 29.7 Å². The number of aryl methyl sites for hydroxylation is 2. The van der Waals surface area contributed by atoms with E-state index in [0.717, 1.165) is 59.2 Å². The van der Waals surface area contributed by atoms with Crippen LogP contribution in [0, 0.1) is 13.8 Å². The third kappa shape index (κ3) is 6.09. The zero-order chi connectivity index (χ0) is 23.1. The Bertz CT molecular complexity index is 1040. The third-order valence-electron chi connectivity index (χ3n) is 6.05. The summed E-state index contributed by atoms with van der Waals surface area (Å²) < 4.78 is 0. The van der Waals surface area contributed by atoms with Crippen LogP contribution in [0.25, 0.3) is 10.8 Å². The third-order valence-corrected chi connectivity index (χ3v) is 6.05. The van der Waals surface area contributed by atoms with Crippen LogP contribution in [0.1, 0.15) is 36.0 Å². The number of nitrogens with zero attached hydrogens (tertiary/aromatic N) is 1. The van der Waals surface area contributed by atoms with Crippen molar-refractivity contribution in [2.45, 2.75) is 33.1 Å². The van der Waals surface area contributed by atoms with Crippen molar-refractivity contribution >= 4 is 22.4 Å². The van der Waals surface area contributed by atoms with Gasteiger partial charge in [0.25, 0.3) is 0 Å². The zero-order valence-corrected chi connectivity index (χ0v) is 19.6. The predicted molar refractivity (Wildman–Crippen MR) is 134 cm³/mol. The highest BCUT2D eigenvalue weighted by Gasteiger charge is 2.15. The molecule has 1 amide bonds. The quantitative estimate of drug-likeness (QED) is 0.401. The number of nitrogens with one attached hydrogen (secondary N) is 2. The van der Waals surface area contributed by atoms with Gasteiger partial charge in [-0.3, -0.25) is 9.69 Å². The number of amides is 1. The fourth-order valence-electron chi connectivity index (χ4n) is 4.11. The molecule has 32 heavy (non-hydrogen) atoms. The highest BCUT2D eigenvalue weighted by Crippen LogP contribution is 2.32. The molecule has 170 valence electrons. The van der Waals surface area contributed by atoms with Crippen molar-refractivity contribution in [3.8, 4) is 5.75 Å². The number of carbonyl (C=O) groups excluding carboxylic acids is 1. The van der Waals surface area contributed by atoms with Crippen molar-refractivity contribution in [3.63, 3.8) is 0 Å². The van der Waals surface area contributed by atoms with E-state index in [1.54, 1.807) is 0 Å². The van der Waals surface area contributed by atoms with E-state index in [4.69, 9.17) is 0 Å². The van der Waals surface area contributed by atoms with Crippen LogP contribution in [-0.4, -0.2) is 49.1 Å². The van der Waals surface area contributed by atoms with Gasteiger partial charge in [0, 0.05) is 25.3 Å². The minimum absolute atomic E-state index is 0.00239. The molecule has 0 saturated heterocycles.